The Morgan fingerprint density at radius 3 is 2.69 bits per heavy atom. The molecule has 1 fully saturated rings. The maximum absolute atomic E-state index is 12.8. The lowest BCUT2D eigenvalue weighted by molar-refractivity contribution is -0.0844. The van der Waals surface area contributed by atoms with Gasteiger partial charge in [-0.15, -0.1) is 0 Å². The second kappa shape index (κ2) is 3.45. The van der Waals surface area contributed by atoms with E-state index in [2.05, 4.69) is 0 Å². The first-order valence-corrected chi connectivity index (χ1v) is 3.91. The molecule has 13 heavy (non-hydrogen) atoms. The van der Waals surface area contributed by atoms with Gasteiger partial charge in [0.15, 0.2) is 0 Å². The number of halogens is 2. The number of hydrogen-bond acceptors (Lipinski definition) is 2. The summed E-state index contributed by atoms with van der Waals surface area (Å²) in [5.74, 6) is -3.66. The van der Waals surface area contributed by atoms with Crippen LogP contribution in [-0.4, -0.2) is 46.8 Å². The predicted octanol–water partition coefficient (Wildman–Crippen LogP) is 0.614. The van der Waals surface area contributed by atoms with E-state index in [4.69, 9.17) is 10.2 Å². The predicted molar refractivity (Wildman–Crippen MR) is 39.7 cm³/mol. The van der Waals surface area contributed by atoms with E-state index in [1.165, 1.54) is 0 Å². The minimum absolute atomic E-state index is 0.0125. The molecule has 0 radical (unpaired) electrons. The minimum Gasteiger partial charge on any atom is -0.465 e. The van der Waals surface area contributed by atoms with Gasteiger partial charge in [-0.1, -0.05) is 0 Å². The Kier molecular flexibility index (Phi) is 2.70. The molecule has 0 saturated carbocycles. The summed E-state index contributed by atoms with van der Waals surface area (Å²) in [5, 5.41) is 17.2. The molecule has 1 saturated heterocycles. The van der Waals surface area contributed by atoms with E-state index in [0.717, 1.165) is 0 Å². The van der Waals surface area contributed by atoms with Crippen molar-refractivity contribution in [1.82, 2.24) is 4.90 Å². The highest BCUT2D eigenvalue weighted by Gasteiger charge is 2.41. The summed E-state index contributed by atoms with van der Waals surface area (Å²) in [6.45, 7) is -1.18. The minimum atomic E-state index is -3.01. The van der Waals surface area contributed by atoms with E-state index in [1.54, 1.807) is 0 Å². The van der Waals surface area contributed by atoms with E-state index < -0.39 is 37.5 Å². The van der Waals surface area contributed by atoms with Crippen LogP contribution in [0.5, 0.6) is 0 Å². The molecule has 1 heterocycles. The Balaban J connectivity index is 2.65. The smallest absolute Gasteiger partial charge is 0.407 e. The van der Waals surface area contributed by atoms with Gasteiger partial charge in [0.05, 0.1) is 6.54 Å². The quantitative estimate of drug-likeness (QED) is 0.644. The molecule has 1 unspecified atom stereocenters. The molecule has 0 aromatic heterocycles. The van der Waals surface area contributed by atoms with Crippen molar-refractivity contribution in [2.75, 3.05) is 19.7 Å². The van der Waals surface area contributed by atoms with Crippen molar-refractivity contribution in [1.29, 1.82) is 0 Å². The van der Waals surface area contributed by atoms with Crippen LogP contribution in [0.2, 0.25) is 0 Å². The van der Waals surface area contributed by atoms with Gasteiger partial charge in [0.25, 0.3) is 5.92 Å². The van der Waals surface area contributed by atoms with E-state index in [-0.39, 0.29) is 6.54 Å². The van der Waals surface area contributed by atoms with Crippen LogP contribution in [0.4, 0.5) is 13.6 Å². The van der Waals surface area contributed by atoms with Crippen LogP contribution in [0.15, 0.2) is 0 Å². The summed E-state index contributed by atoms with van der Waals surface area (Å²) in [4.78, 5) is 11.1. The zero-order valence-electron chi connectivity index (χ0n) is 6.91. The summed E-state index contributed by atoms with van der Waals surface area (Å²) in [6, 6.07) is 0. The van der Waals surface area contributed by atoms with Crippen molar-refractivity contribution in [3.63, 3.8) is 0 Å². The highest BCUT2D eigenvalue weighted by Crippen LogP contribution is 2.29. The van der Waals surface area contributed by atoms with Gasteiger partial charge in [-0.2, -0.15) is 0 Å². The average Bonchev–Trinajstić information content (AvgIpc) is 2.01. The average molecular weight is 195 g/mol. The molecule has 1 aliphatic rings. The van der Waals surface area contributed by atoms with Crippen LogP contribution in [0.3, 0.4) is 0 Å². The Hall–Kier alpha value is -0.910. The molecular weight excluding hydrogens is 184 g/mol. The topological polar surface area (TPSA) is 60.8 Å². The number of hydrogen-bond donors (Lipinski definition) is 2. The summed E-state index contributed by atoms with van der Waals surface area (Å²) < 4.78 is 25.7. The van der Waals surface area contributed by atoms with Gasteiger partial charge in [-0.05, 0) is 0 Å². The number of aliphatic hydroxyl groups excluding tert-OH is 1. The van der Waals surface area contributed by atoms with Crippen molar-refractivity contribution >= 4 is 6.09 Å². The van der Waals surface area contributed by atoms with Crippen molar-refractivity contribution < 1.29 is 23.8 Å². The van der Waals surface area contributed by atoms with Gasteiger partial charge < -0.3 is 15.1 Å². The fraction of sp³-hybridized carbons (Fsp3) is 0.857. The first-order valence-electron chi connectivity index (χ1n) is 3.91. The van der Waals surface area contributed by atoms with Crippen LogP contribution in [-0.2, 0) is 0 Å². The summed E-state index contributed by atoms with van der Waals surface area (Å²) in [7, 11) is 0. The largest absolute Gasteiger partial charge is 0.465 e. The highest BCUT2D eigenvalue weighted by molar-refractivity contribution is 5.65. The lowest BCUT2D eigenvalue weighted by Crippen LogP contribution is -2.49. The lowest BCUT2D eigenvalue weighted by atomic mass is 9.96. The Bertz CT molecular complexity index is 210. The zero-order valence-corrected chi connectivity index (χ0v) is 6.91. The molecule has 1 atom stereocenters. The Labute approximate surface area is 73.8 Å². The molecule has 0 aromatic carbocycles. The molecular formula is C7H11F2NO3. The van der Waals surface area contributed by atoms with Crippen LogP contribution in [0, 0.1) is 5.92 Å². The van der Waals surface area contributed by atoms with Crippen LogP contribution >= 0.6 is 0 Å². The van der Waals surface area contributed by atoms with Gasteiger partial charge in [-0.25, -0.2) is 13.6 Å². The van der Waals surface area contributed by atoms with Crippen molar-refractivity contribution in [3.8, 4) is 0 Å². The first-order chi connectivity index (χ1) is 5.94. The Morgan fingerprint density at radius 1 is 1.62 bits per heavy atom. The van der Waals surface area contributed by atoms with Gasteiger partial charge in [-0.3, -0.25) is 0 Å². The molecule has 0 aliphatic carbocycles. The van der Waals surface area contributed by atoms with Gasteiger partial charge in [0.1, 0.15) is 0 Å². The number of rotatable bonds is 1. The summed E-state index contributed by atoms with van der Waals surface area (Å²) in [5.41, 5.74) is 0. The van der Waals surface area contributed by atoms with Gasteiger partial charge in [0.2, 0.25) is 0 Å². The number of amides is 1. The third-order valence-corrected chi connectivity index (χ3v) is 2.02. The van der Waals surface area contributed by atoms with E-state index in [9.17, 15) is 13.6 Å². The summed E-state index contributed by atoms with van der Waals surface area (Å²) >= 11 is 0. The fourth-order valence-corrected chi connectivity index (χ4v) is 1.47. The van der Waals surface area contributed by atoms with Gasteiger partial charge in [0, 0.05) is 25.5 Å². The molecule has 76 valence electrons. The van der Waals surface area contributed by atoms with E-state index in [0.29, 0.717) is 4.90 Å². The molecule has 0 bridgehead atoms. The van der Waals surface area contributed by atoms with Crippen LogP contribution in [0.25, 0.3) is 0 Å². The number of likely N-dealkylation sites (tertiary alicyclic amines) is 1. The molecule has 0 aromatic rings. The monoisotopic (exact) mass is 195 g/mol. The maximum Gasteiger partial charge on any atom is 0.407 e. The summed E-state index contributed by atoms with van der Waals surface area (Å²) in [6.07, 6.45) is -1.80. The van der Waals surface area contributed by atoms with Crippen LogP contribution < -0.4 is 0 Å². The number of carboxylic acid groups (broad SMARTS) is 1. The third-order valence-electron chi connectivity index (χ3n) is 2.02. The van der Waals surface area contributed by atoms with Crippen molar-refractivity contribution in [2.24, 2.45) is 5.92 Å². The molecule has 1 rings (SSSR count). The second-order valence-corrected chi connectivity index (χ2v) is 3.27. The molecule has 6 heteroatoms. The molecule has 4 nitrogen and oxygen atoms in total. The molecule has 2 N–H and O–H groups in total. The van der Waals surface area contributed by atoms with E-state index >= 15 is 0 Å². The number of alkyl halides is 2. The standard InChI is InChI=1S/C7H11F2NO3/c8-7(9)1-5(3-11)2-10(4-7)6(12)13/h5,11H,1-4H2,(H,12,13). The molecule has 0 spiro atoms. The van der Waals surface area contributed by atoms with E-state index in [1.807, 2.05) is 0 Å². The fourth-order valence-electron chi connectivity index (χ4n) is 1.47. The first kappa shape index (κ1) is 10.2. The van der Waals surface area contributed by atoms with Gasteiger partial charge >= 0.3 is 6.09 Å². The molecule has 1 aliphatic heterocycles. The molecule has 1 amide bonds. The third kappa shape index (κ3) is 2.51. The van der Waals surface area contributed by atoms with Crippen LogP contribution in [0.1, 0.15) is 6.42 Å². The maximum atomic E-state index is 12.8. The second-order valence-electron chi connectivity index (χ2n) is 3.27. The lowest BCUT2D eigenvalue weighted by Gasteiger charge is -2.35. The normalized spacial score (nSPS) is 27.3. The zero-order chi connectivity index (χ0) is 10.1. The number of nitrogens with zero attached hydrogens (tertiary/aromatic N) is 1. The van der Waals surface area contributed by atoms with Crippen molar-refractivity contribution in [2.45, 2.75) is 12.3 Å². The van der Waals surface area contributed by atoms with Crippen molar-refractivity contribution in [3.05, 3.63) is 0 Å². The SMILES string of the molecule is O=C(O)N1CC(CO)CC(F)(F)C1. The number of piperidine rings is 1. The highest BCUT2D eigenvalue weighted by atomic mass is 19.3. The number of aliphatic hydroxyl groups is 1. The number of carbonyl (C=O) groups is 1. The Morgan fingerprint density at radius 2 is 2.23 bits per heavy atom.